The molecule has 0 amide bonds. The molecule has 4 nitrogen and oxygen atoms in total. The Kier molecular flexibility index (Phi) is 2.81. The van der Waals surface area contributed by atoms with Gasteiger partial charge in [-0.25, -0.2) is 4.79 Å². The average Bonchev–Trinajstić information content (AvgIpc) is 3.17. The van der Waals surface area contributed by atoms with E-state index in [2.05, 4.69) is 4.98 Å². The highest BCUT2D eigenvalue weighted by Gasteiger charge is 2.41. The van der Waals surface area contributed by atoms with Crippen molar-refractivity contribution in [1.82, 2.24) is 9.55 Å². The minimum atomic E-state index is -1.07. The molecule has 0 bridgehead atoms. The molecule has 6 heteroatoms. The van der Waals surface area contributed by atoms with Crippen molar-refractivity contribution >= 4 is 11.6 Å². The van der Waals surface area contributed by atoms with Crippen LogP contribution in [-0.4, -0.2) is 9.55 Å². The van der Waals surface area contributed by atoms with Crippen molar-refractivity contribution in [2.75, 3.05) is 0 Å². The van der Waals surface area contributed by atoms with Crippen molar-refractivity contribution in [1.29, 1.82) is 0 Å². The maximum absolute atomic E-state index is 13.4. The molecule has 0 saturated heterocycles. The highest BCUT2D eigenvalue weighted by molar-refractivity contribution is 6.29. The van der Waals surface area contributed by atoms with Crippen molar-refractivity contribution in [3.8, 4) is 0 Å². The minimum Gasteiger partial charge on any atom is -0.295 e. The molecule has 1 heterocycles. The van der Waals surface area contributed by atoms with E-state index < -0.39 is 22.2 Å². The SMILES string of the molecule is O=c1[nH]c(Cl)c(F)c(=O)n1CC(C1CC1)C1CC1. The van der Waals surface area contributed by atoms with Crippen molar-refractivity contribution in [3.63, 3.8) is 0 Å². The quantitative estimate of drug-likeness (QED) is 0.849. The summed E-state index contributed by atoms with van der Waals surface area (Å²) < 4.78 is 14.4. The van der Waals surface area contributed by atoms with E-state index in [-0.39, 0.29) is 0 Å². The van der Waals surface area contributed by atoms with Crippen LogP contribution in [0.1, 0.15) is 25.7 Å². The molecule has 1 N–H and O–H groups in total. The van der Waals surface area contributed by atoms with E-state index in [0.29, 0.717) is 24.3 Å². The van der Waals surface area contributed by atoms with Gasteiger partial charge >= 0.3 is 5.69 Å². The van der Waals surface area contributed by atoms with Crippen LogP contribution < -0.4 is 11.2 Å². The maximum Gasteiger partial charge on any atom is 0.329 e. The van der Waals surface area contributed by atoms with Gasteiger partial charge in [-0.05, 0) is 43.4 Å². The van der Waals surface area contributed by atoms with E-state index in [1.165, 1.54) is 0 Å². The number of nitrogens with zero attached hydrogens (tertiary/aromatic N) is 1. The first-order chi connectivity index (χ1) is 8.58. The first kappa shape index (κ1) is 12.0. The summed E-state index contributed by atoms with van der Waals surface area (Å²) in [6.45, 7) is 0.317. The van der Waals surface area contributed by atoms with E-state index in [4.69, 9.17) is 11.6 Å². The van der Waals surface area contributed by atoms with Crippen molar-refractivity contribution in [3.05, 3.63) is 31.8 Å². The van der Waals surface area contributed by atoms with Crippen LogP contribution in [0.5, 0.6) is 0 Å². The molecule has 3 rings (SSSR count). The Morgan fingerprint density at radius 1 is 1.28 bits per heavy atom. The second kappa shape index (κ2) is 4.23. The van der Waals surface area contributed by atoms with Crippen LogP contribution in [0.15, 0.2) is 9.59 Å². The lowest BCUT2D eigenvalue weighted by Crippen LogP contribution is -2.39. The molecule has 2 fully saturated rings. The Balaban J connectivity index is 1.94. The van der Waals surface area contributed by atoms with Gasteiger partial charge in [-0.3, -0.25) is 14.3 Å². The van der Waals surface area contributed by atoms with Crippen LogP contribution in [-0.2, 0) is 6.54 Å². The molecule has 98 valence electrons. The largest absolute Gasteiger partial charge is 0.329 e. The van der Waals surface area contributed by atoms with Crippen molar-refractivity contribution < 1.29 is 4.39 Å². The van der Waals surface area contributed by atoms with Gasteiger partial charge in [0.2, 0.25) is 5.82 Å². The zero-order valence-corrected chi connectivity index (χ0v) is 10.5. The van der Waals surface area contributed by atoms with Gasteiger partial charge in [0.05, 0.1) is 0 Å². The molecule has 2 aliphatic rings. The molecule has 18 heavy (non-hydrogen) atoms. The van der Waals surface area contributed by atoms with Gasteiger partial charge in [0.1, 0.15) is 0 Å². The number of hydrogen-bond donors (Lipinski definition) is 1. The second-order valence-electron chi connectivity index (χ2n) is 5.31. The van der Waals surface area contributed by atoms with E-state index in [1.54, 1.807) is 0 Å². The third-order valence-electron chi connectivity index (χ3n) is 3.94. The highest BCUT2D eigenvalue weighted by Crippen LogP contribution is 2.49. The normalized spacial score (nSPS) is 19.5. The van der Waals surface area contributed by atoms with Crippen molar-refractivity contribution in [2.24, 2.45) is 17.8 Å². The Labute approximate surface area is 108 Å². The predicted octanol–water partition coefficient (Wildman–Crippen LogP) is 1.77. The topological polar surface area (TPSA) is 54.9 Å². The highest BCUT2D eigenvalue weighted by atomic mass is 35.5. The van der Waals surface area contributed by atoms with Crippen LogP contribution in [0.2, 0.25) is 5.15 Å². The fourth-order valence-electron chi connectivity index (χ4n) is 2.63. The number of hydrogen-bond acceptors (Lipinski definition) is 2. The van der Waals surface area contributed by atoms with E-state index in [9.17, 15) is 14.0 Å². The summed E-state index contributed by atoms with van der Waals surface area (Å²) in [6, 6.07) is 0. The summed E-state index contributed by atoms with van der Waals surface area (Å²) >= 11 is 5.43. The summed E-state index contributed by atoms with van der Waals surface area (Å²) in [4.78, 5) is 25.6. The molecule has 1 aromatic heterocycles. The maximum atomic E-state index is 13.4. The lowest BCUT2D eigenvalue weighted by Gasteiger charge is -2.16. The number of aromatic amines is 1. The van der Waals surface area contributed by atoms with E-state index in [0.717, 1.165) is 30.3 Å². The summed E-state index contributed by atoms with van der Waals surface area (Å²) in [5.41, 5.74) is -1.52. The molecule has 0 unspecified atom stereocenters. The van der Waals surface area contributed by atoms with Gasteiger partial charge in [-0.1, -0.05) is 11.6 Å². The third kappa shape index (κ3) is 2.11. The standard InChI is InChI=1S/C12H14ClFN2O2/c13-10-9(14)11(17)16(12(18)15-10)5-8(6-1-2-6)7-3-4-7/h6-8H,1-5H2,(H,15,18). The molecule has 0 radical (unpaired) electrons. The zero-order valence-electron chi connectivity index (χ0n) is 9.79. The summed E-state index contributed by atoms with van der Waals surface area (Å²) in [6.07, 6.45) is 4.63. The Morgan fingerprint density at radius 2 is 1.83 bits per heavy atom. The number of H-pyrrole nitrogens is 1. The third-order valence-corrected chi connectivity index (χ3v) is 4.20. The molecule has 0 spiro atoms. The second-order valence-corrected chi connectivity index (χ2v) is 5.69. The Morgan fingerprint density at radius 3 is 2.33 bits per heavy atom. The van der Waals surface area contributed by atoms with E-state index in [1.807, 2.05) is 0 Å². The van der Waals surface area contributed by atoms with Crippen LogP contribution in [0, 0.1) is 23.6 Å². The number of rotatable bonds is 4. The van der Waals surface area contributed by atoms with Crippen molar-refractivity contribution in [2.45, 2.75) is 32.2 Å². The fourth-order valence-corrected chi connectivity index (χ4v) is 2.79. The monoisotopic (exact) mass is 272 g/mol. The number of halogens is 2. The Bertz CT molecular complexity index is 575. The molecular weight excluding hydrogens is 259 g/mol. The molecule has 2 aliphatic carbocycles. The van der Waals surface area contributed by atoms with Gasteiger partial charge in [-0.15, -0.1) is 0 Å². The molecular formula is C12H14ClFN2O2. The van der Waals surface area contributed by atoms with Crippen LogP contribution in [0.25, 0.3) is 0 Å². The van der Waals surface area contributed by atoms with Crippen LogP contribution in [0.3, 0.4) is 0 Å². The smallest absolute Gasteiger partial charge is 0.295 e. The van der Waals surface area contributed by atoms with Gasteiger partial charge in [-0.2, -0.15) is 4.39 Å². The predicted molar refractivity (Wildman–Crippen MR) is 65.2 cm³/mol. The van der Waals surface area contributed by atoms with Gasteiger partial charge in [0.25, 0.3) is 5.56 Å². The number of aromatic nitrogens is 2. The average molecular weight is 273 g/mol. The first-order valence-electron chi connectivity index (χ1n) is 6.26. The van der Waals surface area contributed by atoms with E-state index >= 15 is 0 Å². The van der Waals surface area contributed by atoms with Gasteiger partial charge in [0, 0.05) is 6.54 Å². The lowest BCUT2D eigenvalue weighted by atomic mass is 9.98. The fraction of sp³-hybridized carbons (Fsp3) is 0.667. The summed E-state index contributed by atoms with van der Waals surface area (Å²) in [7, 11) is 0. The Hall–Kier alpha value is -1.10. The lowest BCUT2D eigenvalue weighted by molar-refractivity contribution is 0.333. The molecule has 0 atom stereocenters. The van der Waals surface area contributed by atoms with Gasteiger partial charge in [0.15, 0.2) is 5.15 Å². The van der Waals surface area contributed by atoms with Gasteiger partial charge < -0.3 is 0 Å². The molecule has 0 aromatic carbocycles. The molecule has 0 aliphatic heterocycles. The number of nitrogens with one attached hydrogen (secondary N) is 1. The first-order valence-corrected chi connectivity index (χ1v) is 6.64. The minimum absolute atomic E-state index is 0.317. The van der Waals surface area contributed by atoms with Crippen LogP contribution >= 0.6 is 11.6 Å². The summed E-state index contributed by atoms with van der Waals surface area (Å²) in [5.74, 6) is 0.469. The zero-order chi connectivity index (χ0) is 12.9. The van der Waals surface area contributed by atoms with Crippen LogP contribution in [0.4, 0.5) is 4.39 Å². The summed E-state index contributed by atoms with van der Waals surface area (Å²) in [5, 5.41) is -0.504. The molecule has 1 aromatic rings. The molecule has 2 saturated carbocycles.